The van der Waals surface area contributed by atoms with Crippen LogP contribution in [-0.2, 0) is 16.9 Å². The van der Waals surface area contributed by atoms with Crippen molar-refractivity contribution in [1.82, 2.24) is 9.55 Å². The molecule has 0 N–H and O–H groups in total. The first-order valence-corrected chi connectivity index (χ1v) is 12.1. The summed E-state index contributed by atoms with van der Waals surface area (Å²) in [4.78, 5) is 17.4. The molecule has 0 atom stereocenters. The summed E-state index contributed by atoms with van der Waals surface area (Å²) in [6, 6.07) is 14.4. The predicted octanol–water partition coefficient (Wildman–Crippen LogP) is 4.38. The molecule has 0 aliphatic carbocycles. The van der Waals surface area contributed by atoms with Crippen LogP contribution in [0.15, 0.2) is 70.6 Å². The Morgan fingerprint density at radius 3 is 2.38 bits per heavy atom. The molecule has 6 nitrogen and oxygen atoms in total. The highest BCUT2D eigenvalue weighted by Crippen LogP contribution is 2.37. The number of fused-ring (bicyclic) bond motifs is 1. The van der Waals surface area contributed by atoms with Crippen molar-refractivity contribution in [1.29, 1.82) is 0 Å². The van der Waals surface area contributed by atoms with Crippen molar-refractivity contribution in [2.45, 2.75) is 18.7 Å². The van der Waals surface area contributed by atoms with Gasteiger partial charge in [0.25, 0.3) is 5.56 Å². The zero-order valence-corrected chi connectivity index (χ0v) is 19.2. The Labute approximate surface area is 187 Å². The van der Waals surface area contributed by atoms with E-state index in [0.29, 0.717) is 23.3 Å². The first kappa shape index (κ1) is 21.8. The van der Waals surface area contributed by atoms with Crippen molar-refractivity contribution in [2.24, 2.45) is 7.05 Å². The minimum atomic E-state index is -3.42. The molecule has 2 aromatic carbocycles. The van der Waals surface area contributed by atoms with Crippen LogP contribution in [0.1, 0.15) is 12.6 Å². The van der Waals surface area contributed by atoms with Gasteiger partial charge in [-0.15, -0.1) is 0 Å². The molecule has 4 aromatic rings. The van der Waals surface area contributed by atoms with Crippen molar-refractivity contribution in [3.63, 3.8) is 0 Å². The van der Waals surface area contributed by atoms with Crippen molar-refractivity contribution in [2.75, 3.05) is 12.9 Å². The monoisotopic (exact) mass is 448 g/mol. The van der Waals surface area contributed by atoms with Gasteiger partial charge in [0.15, 0.2) is 9.84 Å². The van der Waals surface area contributed by atoms with E-state index in [1.54, 1.807) is 37.6 Å². The molecule has 2 aromatic heterocycles. The summed E-state index contributed by atoms with van der Waals surface area (Å²) in [5, 5.41) is 1.26. The van der Waals surface area contributed by atoms with E-state index in [9.17, 15) is 13.2 Å². The van der Waals surface area contributed by atoms with Gasteiger partial charge >= 0.3 is 0 Å². The molecule has 32 heavy (non-hydrogen) atoms. The van der Waals surface area contributed by atoms with Crippen LogP contribution < -0.4 is 10.3 Å². The molecule has 0 spiro atoms. The third-order valence-electron chi connectivity index (χ3n) is 5.40. The molecular weight excluding hydrogens is 424 g/mol. The Morgan fingerprint density at radius 1 is 0.969 bits per heavy atom. The molecule has 0 amide bonds. The molecule has 0 bridgehead atoms. The Balaban J connectivity index is 2.06. The number of sulfone groups is 1. The third-order valence-corrected chi connectivity index (χ3v) is 6.51. The van der Waals surface area contributed by atoms with Crippen LogP contribution in [0, 0.1) is 6.92 Å². The van der Waals surface area contributed by atoms with Crippen molar-refractivity contribution < 1.29 is 13.2 Å². The lowest BCUT2D eigenvalue weighted by Crippen LogP contribution is -2.16. The summed E-state index contributed by atoms with van der Waals surface area (Å²) in [7, 11) is -1.74. The quantitative estimate of drug-likeness (QED) is 0.453. The van der Waals surface area contributed by atoms with E-state index >= 15 is 0 Å². The Hall–Kier alpha value is -3.45. The normalized spacial score (nSPS) is 11.6. The van der Waals surface area contributed by atoms with E-state index in [4.69, 9.17) is 4.74 Å². The van der Waals surface area contributed by atoms with Crippen LogP contribution in [0.25, 0.3) is 33.0 Å². The minimum Gasteiger partial charge on any atom is -0.493 e. The predicted molar refractivity (Wildman–Crippen MR) is 127 cm³/mol. The number of hydrogen-bond donors (Lipinski definition) is 0. The van der Waals surface area contributed by atoms with Gasteiger partial charge < -0.3 is 9.30 Å². The second kappa shape index (κ2) is 8.24. The first-order chi connectivity index (χ1) is 15.2. The van der Waals surface area contributed by atoms with Gasteiger partial charge in [-0.05, 0) is 61.2 Å². The highest BCUT2D eigenvalue weighted by Gasteiger charge is 2.17. The zero-order chi connectivity index (χ0) is 23.0. The van der Waals surface area contributed by atoms with Crippen LogP contribution in [0.5, 0.6) is 5.75 Å². The number of rotatable bonds is 5. The molecule has 164 valence electrons. The standard InChI is InChI=1S/C25H24N2O4S/c1-5-31-24-11-9-19(32(4,29)30)13-22(24)23-15-27(3)25(28)20-10-8-17(12-21(20)23)18-7-6-16(2)26-14-18/h6-15H,5H2,1-4H3. The zero-order valence-electron chi connectivity index (χ0n) is 18.4. The van der Waals surface area contributed by atoms with Crippen molar-refractivity contribution in [3.8, 4) is 28.0 Å². The lowest BCUT2D eigenvalue weighted by atomic mass is 9.96. The van der Waals surface area contributed by atoms with Gasteiger partial charge in [0.2, 0.25) is 0 Å². The Bertz CT molecular complexity index is 1490. The second-order valence-electron chi connectivity index (χ2n) is 7.77. The molecule has 0 aliphatic rings. The maximum atomic E-state index is 12.9. The number of nitrogens with zero attached hydrogens (tertiary/aromatic N) is 2. The summed E-state index contributed by atoms with van der Waals surface area (Å²) in [5.41, 5.74) is 3.97. The molecule has 0 saturated carbocycles. The van der Waals surface area contributed by atoms with Crippen LogP contribution in [0.2, 0.25) is 0 Å². The van der Waals surface area contributed by atoms with Gasteiger partial charge in [0.1, 0.15) is 5.75 Å². The average Bonchev–Trinajstić information content (AvgIpc) is 2.76. The van der Waals surface area contributed by atoms with Crippen LogP contribution in [0.3, 0.4) is 0 Å². The Kier molecular flexibility index (Phi) is 5.60. The van der Waals surface area contributed by atoms with E-state index in [1.165, 1.54) is 16.9 Å². The summed E-state index contributed by atoms with van der Waals surface area (Å²) >= 11 is 0. The molecule has 0 saturated heterocycles. The molecule has 4 rings (SSSR count). The third kappa shape index (κ3) is 4.03. The van der Waals surface area contributed by atoms with E-state index in [0.717, 1.165) is 27.8 Å². The first-order valence-electron chi connectivity index (χ1n) is 10.2. The van der Waals surface area contributed by atoms with Crippen LogP contribution in [-0.4, -0.2) is 30.8 Å². The number of aromatic nitrogens is 2. The SMILES string of the molecule is CCOc1ccc(S(C)(=O)=O)cc1-c1cn(C)c(=O)c2ccc(-c3ccc(C)nc3)cc12. The van der Waals surface area contributed by atoms with Gasteiger partial charge in [-0.1, -0.05) is 12.1 Å². The molecule has 0 aliphatic heterocycles. The Morgan fingerprint density at radius 2 is 1.72 bits per heavy atom. The van der Waals surface area contributed by atoms with E-state index < -0.39 is 9.84 Å². The van der Waals surface area contributed by atoms with E-state index in [1.807, 2.05) is 38.1 Å². The largest absolute Gasteiger partial charge is 0.493 e. The second-order valence-corrected chi connectivity index (χ2v) is 9.79. The van der Waals surface area contributed by atoms with Crippen molar-refractivity contribution >= 4 is 20.6 Å². The van der Waals surface area contributed by atoms with Crippen LogP contribution in [0.4, 0.5) is 0 Å². The van der Waals surface area contributed by atoms with Gasteiger partial charge in [0.05, 0.1) is 11.5 Å². The number of hydrogen-bond acceptors (Lipinski definition) is 5. The van der Waals surface area contributed by atoms with Gasteiger partial charge in [0, 0.05) is 53.5 Å². The molecule has 0 fully saturated rings. The topological polar surface area (TPSA) is 78.3 Å². The maximum absolute atomic E-state index is 12.9. The van der Waals surface area contributed by atoms with Crippen LogP contribution >= 0.6 is 0 Å². The van der Waals surface area contributed by atoms with E-state index in [2.05, 4.69) is 4.98 Å². The van der Waals surface area contributed by atoms with Gasteiger partial charge in [-0.3, -0.25) is 9.78 Å². The number of pyridine rings is 2. The maximum Gasteiger partial charge on any atom is 0.258 e. The van der Waals surface area contributed by atoms with E-state index in [-0.39, 0.29) is 10.5 Å². The molecule has 2 heterocycles. The molecule has 0 unspecified atom stereocenters. The minimum absolute atomic E-state index is 0.130. The number of ether oxygens (including phenoxy) is 1. The highest BCUT2D eigenvalue weighted by atomic mass is 32.2. The lowest BCUT2D eigenvalue weighted by Gasteiger charge is -2.16. The lowest BCUT2D eigenvalue weighted by molar-refractivity contribution is 0.341. The fraction of sp³-hybridized carbons (Fsp3) is 0.200. The summed E-state index contributed by atoms with van der Waals surface area (Å²) in [6.45, 7) is 4.22. The molecule has 7 heteroatoms. The molecular formula is C25H24N2O4S. The fourth-order valence-corrected chi connectivity index (χ4v) is 4.38. The number of aryl methyl sites for hydroxylation is 2. The molecule has 0 radical (unpaired) electrons. The highest BCUT2D eigenvalue weighted by molar-refractivity contribution is 7.90. The summed E-state index contributed by atoms with van der Waals surface area (Å²) in [6.07, 6.45) is 4.70. The summed E-state index contributed by atoms with van der Waals surface area (Å²) < 4.78 is 31.8. The van der Waals surface area contributed by atoms with Gasteiger partial charge in [-0.2, -0.15) is 0 Å². The van der Waals surface area contributed by atoms with Gasteiger partial charge in [-0.25, -0.2) is 8.42 Å². The number of benzene rings is 2. The fourth-order valence-electron chi connectivity index (χ4n) is 3.73. The van der Waals surface area contributed by atoms with Crippen molar-refractivity contribution in [3.05, 3.63) is 77.0 Å². The smallest absolute Gasteiger partial charge is 0.258 e. The average molecular weight is 449 g/mol. The summed E-state index contributed by atoms with van der Waals surface area (Å²) in [5.74, 6) is 0.558.